The predicted molar refractivity (Wildman–Crippen MR) is 81.9 cm³/mol. The molecular weight excluding hydrogens is 319 g/mol. The molecule has 0 aliphatic carbocycles. The Hall–Kier alpha value is -0.620. The summed E-state index contributed by atoms with van der Waals surface area (Å²) in [4.78, 5) is 26.0. The second-order valence-electron chi connectivity index (χ2n) is 5.26. The van der Waals surface area contributed by atoms with Gasteiger partial charge in [0.1, 0.15) is 4.34 Å². The summed E-state index contributed by atoms with van der Waals surface area (Å²) in [5.74, 6) is -0.0386. The van der Waals surface area contributed by atoms with Crippen molar-refractivity contribution in [3.05, 3.63) is 20.3 Å². The molecule has 110 valence electrons. The smallest absolute Gasteiger partial charge is 0.227 e. The fourth-order valence-corrected chi connectivity index (χ4v) is 4.00. The Kier molecular flexibility index (Phi) is 4.74. The minimum atomic E-state index is -0.425. The van der Waals surface area contributed by atoms with E-state index in [9.17, 15) is 9.59 Å². The zero-order chi connectivity index (χ0) is 14.9. The minimum absolute atomic E-state index is 0.0176. The van der Waals surface area contributed by atoms with Gasteiger partial charge in [-0.3, -0.25) is 14.5 Å². The Bertz CT molecular complexity index is 546. The maximum atomic E-state index is 12.2. The van der Waals surface area contributed by atoms with Gasteiger partial charge in [-0.05, 0) is 26.0 Å². The maximum Gasteiger partial charge on any atom is 0.227 e. The number of halogens is 2. The topological polar surface area (TPSA) is 49.4 Å². The number of thiophene rings is 1. The van der Waals surface area contributed by atoms with Crippen LogP contribution in [0.4, 0.5) is 0 Å². The number of rotatable bonds is 4. The fraction of sp³-hybridized carbons (Fsp3) is 0.538. The van der Waals surface area contributed by atoms with Gasteiger partial charge in [-0.25, -0.2) is 0 Å². The van der Waals surface area contributed by atoms with Crippen LogP contribution in [0.15, 0.2) is 6.07 Å². The van der Waals surface area contributed by atoms with E-state index in [0.717, 1.165) is 13.0 Å². The highest BCUT2D eigenvalue weighted by Crippen LogP contribution is 2.33. The quantitative estimate of drug-likeness (QED) is 0.861. The summed E-state index contributed by atoms with van der Waals surface area (Å²) < 4.78 is 0.934. The highest BCUT2D eigenvalue weighted by atomic mass is 35.5. The second kappa shape index (κ2) is 6.02. The zero-order valence-corrected chi connectivity index (χ0v) is 13.7. The molecule has 4 nitrogen and oxygen atoms in total. The molecule has 1 aromatic heterocycles. The molecule has 2 rings (SSSR count). The van der Waals surface area contributed by atoms with Gasteiger partial charge in [-0.2, -0.15) is 0 Å². The van der Waals surface area contributed by atoms with Crippen LogP contribution in [0.5, 0.6) is 0 Å². The van der Waals surface area contributed by atoms with Gasteiger partial charge in [0.15, 0.2) is 5.78 Å². The van der Waals surface area contributed by atoms with Crippen LogP contribution in [0.25, 0.3) is 0 Å². The maximum absolute atomic E-state index is 12.2. The van der Waals surface area contributed by atoms with Crippen LogP contribution in [-0.2, 0) is 4.79 Å². The van der Waals surface area contributed by atoms with Crippen molar-refractivity contribution >= 4 is 46.2 Å². The monoisotopic (exact) mass is 334 g/mol. The summed E-state index contributed by atoms with van der Waals surface area (Å²) >= 11 is 13.0. The van der Waals surface area contributed by atoms with Gasteiger partial charge in [0.25, 0.3) is 0 Å². The Morgan fingerprint density at radius 1 is 1.50 bits per heavy atom. The number of nitrogens with zero attached hydrogens (tertiary/aromatic N) is 1. The van der Waals surface area contributed by atoms with Gasteiger partial charge in [-0.15, -0.1) is 11.3 Å². The van der Waals surface area contributed by atoms with Crippen molar-refractivity contribution in [1.29, 1.82) is 0 Å². The predicted octanol–water partition coefficient (Wildman–Crippen LogP) is 2.70. The molecule has 0 saturated carbocycles. The van der Waals surface area contributed by atoms with E-state index in [0.29, 0.717) is 20.8 Å². The molecule has 0 aromatic carbocycles. The molecule has 1 fully saturated rings. The summed E-state index contributed by atoms with van der Waals surface area (Å²) in [6.07, 6.45) is 0.748. The first kappa shape index (κ1) is 15.8. The molecule has 1 amide bonds. The van der Waals surface area contributed by atoms with E-state index < -0.39 is 5.41 Å². The standard InChI is InChI=1S/C13H16Cl2N2O2S/c1-13(12(19)16-2)3-4-17(7-13)6-9(18)8-5-10(14)20-11(8)15/h5H,3-4,6-7H2,1-2H3,(H,16,19). The Morgan fingerprint density at radius 3 is 2.75 bits per heavy atom. The summed E-state index contributed by atoms with van der Waals surface area (Å²) in [5.41, 5.74) is 0.0423. The van der Waals surface area contributed by atoms with Crippen molar-refractivity contribution in [3.8, 4) is 0 Å². The normalized spacial score (nSPS) is 23.0. The Balaban J connectivity index is 2.00. The number of nitrogens with one attached hydrogen (secondary N) is 1. The van der Waals surface area contributed by atoms with Crippen LogP contribution in [0, 0.1) is 5.41 Å². The number of Topliss-reactive ketones (excluding diaryl/α,β-unsaturated/α-hetero) is 1. The number of likely N-dealkylation sites (tertiary alicyclic amines) is 1. The number of carbonyl (C=O) groups is 2. The van der Waals surface area contributed by atoms with Gasteiger partial charge in [0.2, 0.25) is 5.91 Å². The van der Waals surface area contributed by atoms with Crippen LogP contribution in [0.3, 0.4) is 0 Å². The number of ketones is 1. The van der Waals surface area contributed by atoms with Gasteiger partial charge in [0, 0.05) is 13.6 Å². The molecule has 1 atom stereocenters. The molecular formula is C13H16Cl2N2O2S. The van der Waals surface area contributed by atoms with Crippen molar-refractivity contribution in [2.45, 2.75) is 13.3 Å². The van der Waals surface area contributed by atoms with Crippen LogP contribution in [0.1, 0.15) is 23.7 Å². The molecule has 1 aromatic rings. The van der Waals surface area contributed by atoms with Crippen molar-refractivity contribution in [3.63, 3.8) is 0 Å². The molecule has 7 heteroatoms. The molecule has 1 unspecified atom stereocenters. The van der Waals surface area contributed by atoms with Crippen LogP contribution in [-0.4, -0.2) is 43.3 Å². The van der Waals surface area contributed by atoms with E-state index in [4.69, 9.17) is 23.2 Å². The average Bonchev–Trinajstić information content (AvgIpc) is 2.92. The molecule has 1 N–H and O–H groups in total. The molecule has 1 saturated heterocycles. The van der Waals surface area contributed by atoms with Gasteiger partial charge in [0.05, 0.1) is 21.9 Å². The summed E-state index contributed by atoms with van der Waals surface area (Å²) in [6, 6.07) is 1.60. The zero-order valence-electron chi connectivity index (χ0n) is 11.3. The lowest BCUT2D eigenvalue weighted by molar-refractivity contribution is -0.129. The third kappa shape index (κ3) is 3.17. The molecule has 0 spiro atoms. The van der Waals surface area contributed by atoms with Gasteiger partial charge >= 0.3 is 0 Å². The van der Waals surface area contributed by atoms with Crippen LogP contribution in [0.2, 0.25) is 8.67 Å². The van der Waals surface area contributed by atoms with Crippen molar-refractivity contribution in [2.75, 3.05) is 26.7 Å². The first-order valence-corrected chi connectivity index (χ1v) is 7.85. The largest absolute Gasteiger partial charge is 0.359 e. The third-order valence-corrected chi connectivity index (χ3v) is 5.14. The molecule has 0 bridgehead atoms. The Labute approximate surface area is 132 Å². The molecule has 1 aliphatic rings. The molecule has 20 heavy (non-hydrogen) atoms. The highest BCUT2D eigenvalue weighted by molar-refractivity contribution is 7.20. The van der Waals surface area contributed by atoms with Gasteiger partial charge in [-0.1, -0.05) is 23.2 Å². The van der Waals surface area contributed by atoms with E-state index in [2.05, 4.69) is 5.32 Å². The first-order valence-electron chi connectivity index (χ1n) is 6.28. The second-order valence-corrected chi connectivity index (χ2v) is 7.55. The molecule has 1 aliphatic heterocycles. The summed E-state index contributed by atoms with van der Waals surface area (Å²) in [7, 11) is 1.63. The van der Waals surface area contributed by atoms with E-state index >= 15 is 0 Å². The van der Waals surface area contributed by atoms with Crippen molar-refractivity contribution in [2.24, 2.45) is 5.41 Å². The number of amides is 1. The lowest BCUT2D eigenvalue weighted by Crippen LogP contribution is -2.40. The van der Waals surface area contributed by atoms with Crippen LogP contribution >= 0.6 is 34.5 Å². The van der Waals surface area contributed by atoms with E-state index in [1.807, 2.05) is 11.8 Å². The molecule has 2 heterocycles. The van der Waals surface area contributed by atoms with Crippen LogP contribution < -0.4 is 5.32 Å². The SMILES string of the molecule is CNC(=O)C1(C)CCN(CC(=O)c2cc(Cl)sc2Cl)C1. The first-order chi connectivity index (χ1) is 9.35. The summed E-state index contributed by atoms with van der Waals surface area (Å²) in [6.45, 7) is 3.49. The number of carbonyl (C=O) groups excluding carboxylic acids is 2. The fourth-order valence-electron chi connectivity index (χ4n) is 2.50. The lowest BCUT2D eigenvalue weighted by atomic mass is 9.89. The minimum Gasteiger partial charge on any atom is -0.359 e. The van der Waals surface area contributed by atoms with E-state index in [1.165, 1.54) is 11.3 Å². The number of hydrogen-bond acceptors (Lipinski definition) is 4. The lowest BCUT2D eigenvalue weighted by Gasteiger charge is -2.22. The van der Waals surface area contributed by atoms with Crippen molar-refractivity contribution in [1.82, 2.24) is 10.2 Å². The number of hydrogen-bond donors (Lipinski definition) is 1. The van der Waals surface area contributed by atoms with E-state index in [1.54, 1.807) is 13.1 Å². The van der Waals surface area contributed by atoms with Crippen molar-refractivity contribution < 1.29 is 9.59 Å². The van der Waals surface area contributed by atoms with Gasteiger partial charge < -0.3 is 5.32 Å². The average molecular weight is 335 g/mol. The Morgan fingerprint density at radius 2 is 2.20 bits per heavy atom. The highest BCUT2D eigenvalue weighted by Gasteiger charge is 2.40. The third-order valence-electron chi connectivity index (χ3n) is 3.65. The van der Waals surface area contributed by atoms with E-state index in [-0.39, 0.29) is 18.2 Å². The molecule has 0 radical (unpaired) electrons. The summed E-state index contributed by atoms with van der Waals surface area (Å²) in [5, 5.41) is 2.68.